The zero-order valence-electron chi connectivity index (χ0n) is 15.8. The highest BCUT2D eigenvalue weighted by Gasteiger charge is 2.13. The second kappa shape index (κ2) is 10.0. The number of anilines is 1. The number of non-ortho nitro benzene ring substituents is 1. The molecule has 0 radical (unpaired) electrons. The predicted octanol–water partition coefficient (Wildman–Crippen LogP) is 6.86. The van der Waals surface area contributed by atoms with Crippen molar-refractivity contribution in [2.45, 2.75) is 13.2 Å². The molecular formula is C21H17BrCl2N2O4. The number of nitrogens with one attached hydrogen (secondary N) is 1. The molecule has 3 rings (SSSR count). The minimum absolute atomic E-state index is 0.0484. The van der Waals surface area contributed by atoms with Crippen LogP contribution in [0.3, 0.4) is 0 Å². The van der Waals surface area contributed by atoms with Crippen molar-refractivity contribution in [3.05, 3.63) is 90.4 Å². The summed E-state index contributed by atoms with van der Waals surface area (Å²) in [4.78, 5) is 10.3. The molecule has 0 spiro atoms. The molecule has 0 atom stereocenters. The lowest BCUT2D eigenvalue weighted by atomic mass is 10.2. The Labute approximate surface area is 192 Å². The third-order valence-corrected chi connectivity index (χ3v) is 5.43. The van der Waals surface area contributed by atoms with Crippen LogP contribution >= 0.6 is 39.1 Å². The van der Waals surface area contributed by atoms with Gasteiger partial charge in [-0.25, -0.2) is 0 Å². The largest absolute Gasteiger partial charge is 0.493 e. The number of hydrogen-bond acceptors (Lipinski definition) is 5. The zero-order valence-corrected chi connectivity index (χ0v) is 18.9. The van der Waals surface area contributed by atoms with Gasteiger partial charge in [-0.05, 0) is 57.9 Å². The fraction of sp³-hybridized carbons (Fsp3) is 0.143. The minimum atomic E-state index is -0.429. The van der Waals surface area contributed by atoms with Crippen LogP contribution in [-0.4, -0.2) is 12.0 Å². The van der Waals surface area contributed by atoms with Crippen molar-refractivity contribution in [1.82, 2.24) is 0 Å². The van der Waals surface area contributed by atoms with E-state index in [4.69, 9.17) is 32.7 Å². The summed E-state index contributed by atoms with van der Waals surface area (Å²) in [6.07, 6.45) is 0. The highest BCUT2D eigenvalue weighted by molar-refractivity contribution is 9.10. The van der Waals surface area contributed by atoms with Crippen LogP contribution in [0, 0.1) is 10.1 Å². The lowest BCUT2D eigenvalue weighted by Gasteiger charge is -2.15. The number of nitro groups is 1. The number of benzene rings is 3. The Hall–Kier alpha value is -2.48. The number of ether oxygens (including phenoxy) is 2. The van der Waals surface area contributed by atoms with Crippen LogP contribution in [0.4, 0.5) is 11.4 Å². The SMILES string of the molecule is COc1cc(CNc2ccc([N+](=O)[O-])cc2)cc(Br)c1OCc1ccc(Cl)cc1Cl. The molecule has 0 aliphatic heterocycles. The number of methoxy groups -OCH3 is 1. The lowest BCUT2D eigenvalue weighted by molar-refractivity contribution is -0.384. The number of rotatable bonds is 8. The van der Waals surface area contributed by atoms with Crippen molar-refractivity contribution in [2.24, 2.45) is 0 Å². The molecule has 156 valence electrons. The number of nitro benzene ring substituents is 1. The molecule has 0 aliphatic carbocycles. The van der Waals surface area contributed by atoms with Crippen molar-refractivity contribution in [3.8, 4) is 11.5 Å². The van der Waals surface area contributed by atoms with Crippen molar-refractivity contribution in [3.63, 3.8) is 0 Å². The van der Waals surface area contributed by atoms with Gasteiger partial charge in [-0.1, -0.05) is 29.3 Å². The summed E-state index contributed by atoms with van der Waals surface area (Å²) in [5.74, 6) is 1.12. The Balaban J connectivity index is 1.70. The van der Waals surface area contributed by atoms with Crippen LogP contribution in [0.5, 0.6) is 11.5 Å². The zero-order chi connectivity index (χ0) is 21.7. The quantitative estimate of drug-likeness (QED) is 0.264. The molecule has 0 aromatic heterocycles. The van der Waals surface area contributed by atoms with Crippen LogP contribution in [0.15, 0.2) is 59.1 Å². The van der Waals surface area contributed by atoms with Crippen molar-refractivity contribution < 1.29 is 14.4 Å². The minimum Gasteiger partial charge on any atom is -0.493 e. The Morgan fingerprint density at radius 3 is 2.47 bits per heavy atom. The Kier molecular flexibility index (Phi) is 7.42. The molecule has 9 heteroatoms. The van der Waals surface area contributed by atoms with Crippen LogP contribution in [-0.2, 0) is 13.2 Å². The lowest BCUT2D eigenvalue weighted by Crippen LogP contribution is -2.03. The molecule has 30 heavy (non-hydrogen) atoms. The van der Waals surface area contributed by atoms with Crippen molar-refractivity contribution in [2.75, 3.05) is 12.4 Å². The number of hydrogen-bond donors (Lipinski definition) is 1. The van der Waals surface area contributed by atoms with E-state index in [0.717, 1.165) is 21.3 Å². The van der Waals surface area contributed by atoms with Gasteiger partial charge in [-0.15, -0.1) is 0 Å². The molecule has 0 saturated carbocycles. The highest BCUT2D eigenvalue weighted by atomic mass is 79.9. The Bertz CT molecular complexity index is 1060. The van der Waals surface area contributed by atoms with E-state index in [1.165, 1.54) is 12.1 Å². The molecular weight excluding hydrogens is 495 g/mol. The van der Waals surface area contributed by atoms with E-state index < -0.39 is 4.92 Å². The van der Waals surface area contributed by atoms with Gasteiger partial charge in [-0.3, -0.25) is 10.1 Å². The topological polar surface area (TPSA) is 73.6 Å². The molecule has 3 aromatic carbocycles. The molecule has 0 heterocycles. The molecule has 1 N–H and O–H groups in total. The molecule has 0 bridgehead atoms. The second-order valence-electron chi connectivity index (χ2n) is 6.29. The summed E-state index contributed by atoms with van der Waals surface area (Å²) in [5.41, 5.74) is 2.56. The summed E-state index contributed by atoms with van der Waals surface area (Å²) in [5, 5.41) is 15.1. The molecule has 0 aliphatic rings. The first kappa shape index (κ1) is 22.2. The molecule has 0 fully saturated rings. The van der Waals surface area contributed by atoms with Gasteiger partial charge in [0.05, 0.1) is 16.5 Å². The maximum Gasteiger partial charge on any atom is 0.269 e. The van der Waals surface area contributed by atoms with Crippen LogP contribution in [0.1, 0.15) is 11.1 Å². The van der Waals surface area contributed by atoms with Gasteiger partial charge >= 0.3 is 0 Å². The average molecular weight is 512 g/mol. The van der Waals surface area contributed by atoms with E-state index in [1.54, 1.807) is 31.4 Å². The van der Waals surface area contributed by atoms with E-state index in [9.17, 15) is 10.1 Å². The average Bonchev–Trinajstić information content (AvgIpc) is 2.72. The highest BCUT2D eigenvalue weighted by Crippen LogP contribution is 2.38. The third kappa shape index (κ3) is 5.56. The van der Waals surface area contributed by atoms with Gasteiger partial charge in [0.1, 0.15) is 6.61 Å². The van der Waals surface area contributed by atoms with Crippen LogP contribution < -0.4 is 14.8 Å². The monoisotopic (exact) mass is 510 g/mol. The Morgan fingerprint density at radius 1 is 1.10 bits per heavy atom. The van der Waals surface area contributed by atoms with E-state index >= 15 is 0 Å². The molecule has 6 nitrogen and oxygen atoms in total. The first-order valence-corrected chi connectivity index (χ1v) is 10.3. The third-order valence-electron chi connectivity index (χ3n) is 4.25. The van der Waals surface area contributed by atoms with Crippen molar-refractivity contribution in [1.29, 1.82) is 0 Å². The van der Waals surface area contributed by atoms with E-state index in [1.807, 2.05) is 18.2 Å². The van der Waals surface area contributed by atoms with Gasteiger partial charge in [0, 0.05) is 40.0 Å². The van der Waals surface area contributed by atoms with Gasteiger partial charge in [0.15, 0.2) is 11.5 Å². The number of nitrogens with zero attached hydrogens (tertiary/aromatic N) is 1. The molecule has 0 saturated heterocycles. The smallest absolute Gasteiger partial charge is 0.269 e. The van der Waals surface area contributed by atoms with E-state index in [2.05, 4.69) is 21.2 Å². The molecule has 0 amide bonds. The fourth-order valence-electron chi connectivity index (χ4n) is 2.71. The maximum absolute atomic E-state index is 10.7. The van der Waals surface area contributed by atoms with Gasteiger partial charge in [0.2, 0.25) is 0 Å². The van der Waals surface area contributed by atoms with Crippen molar-refractivity contribution >= 4 is 50.5 Å². The summed E-state index contributed by atoms with van der Waals surface area (Å²) in [6, 6.07) is 15.3. The summed E-state index contributed by atoms with van der Waals surface area (Å²) in [7, 11) is 1.57. The normalized spacial score (nSPS) is 10.5. The van der Waals surface area contributed by atoms with E-state index in [0.29, 0.717) is 28.1 Å². The standard InChI is InChI=1S/C21H17BrCl2N2O4/c1-29-20-9-13(11-25-16-4-6-17(7-5-16)26(27)28)8-18(22)21(20)30-12-14-2-3-15(23)10-19(14)24/h2-10,25H,11-12H2,1H3. The second-order valence-corrected chi connectivity index (χ2v) is 7.99. The summed E-state index contributed by atoms with van der Waals surface area (Å²) >= 11 is 15.7. The molecule has 3 aromatic rings. The van der Waals surface area contributed by atoms with Crippen LogP contribution in [0.25, 0.3) is 0 Å². The fourth-order valence-corrected chi connectivity index (χ4v) is 3.78. The predicted molar refractivity (Wildman–Crippen MR) is 122 cm³/mol. The summed E-state index contributed by atoms with van der Waals surface area (Å²) in [6.45, 7) is 0.751. The van der Waals surface area contributed by atoms with Gasteiger partial charge < -0.3 is 14.8 Å². The van der Waals surface area contributed by atoms with Gasteiger partial charge in [0.25, 0.3) is 5.69 Å². The van der Waals surface area contributed by atoms with Crippen LogP contribution in [0.2, 0.25) is 10.0 Å². The number of halogens is 3. The molecule has 0 unspecified atom stereocenters. The Morgan fingerprint density at radius 2 is 1.83 bits per heavy atom. The van der Waals surface area contributed by atoms with Gasteiger partial charge in [-0.2, -0.15) is 0 Å². The maximum atomic E-state index is 10.7. The first-order valence-electron chi connectivity index (χ1n) is 8.79. The summed E-state index contributed by atoms with van der Waals surface area (Å²) < 4.78 is 12.2. The van der Waals surface area contributed by atoms with E-state index in [-0.39, 0.29) is 12.3 Å². The first-order chi connectivity index (χ1) is 14.4.